The van der Waals surface area contributed by atoms with Gasteiger partial charge in [-0.25, -0.2) is 0 Å². The standard InChI is InChI=1S/C6H13NO4S/c7-1-3-6(12)11-4(2-8)5(9)10-3/h3-6,8-9,12H,1-2,7H2. The second-order valence-corrected chi connectivity index (χ2v) is 3.06. The van der Waals surface area contributed by atoms with E-state index in [0.29, 0.717) is 0 Å². The maximum atomic E-state index is 9.19. The minimum Gasteiger partial charge on any atom is -0.393 e. The summed E-state index contributed by atoms with van der Waals surface area (Å²) in [7, 11) is 0. The third-order valence-corrected chi connectivity index (χ3v) is 2.13. The third-order valence-electron chi connectivity index (χ3n) is 1.68. The van der Waals surface area contributed by atoms with E-state index in [4.69, 9.17) is 20.3 Å². The fraction of sp³-hybridized carbons (Fsp3) is 1.00. The number of nitrogens with two attached hydrogens (primary N) is 1. The monoisotopic (exact) mass is 195 g/mol. The number of thiol groups is 1. The van der Waals surface area contributed by atoms with Crippen LogP contribution in [0.2, 0.25) is 0 Å². The van der Waals surface area contributed by atoms with E-state index in [-0.39, 0.29) is 13.2 Å². The Balaban J connectivity index is 2.49. The van der Waals surface area contributed by atoms with Gasteiger partial charge in [-0.15, -0.1) is 12.6 Å². The quantitative estimate of drug-likeness (QED) is 0.394. The van der Waals surface area contributed by atoms with E-state index < -0.39 is 23.9 Å². The van der Waals surface area contributed by atoms with E-state index in [1.807, 2.05) is 0 Å². The molecule has 1 fully saturated rings. The molecule has 4 N–H and O–H groups in total. The summed E-state index contributed by atoms with van der Waals surface area (Å²) in [6, 6.07) is 0. The van der Waals surface area contributed by atoms with E-state index in [1.54, 1.807) is 0 Å². The van der Waals surface area contributed by atoms with Crippen molar-refractivity contribution in [2.45, 2.75) is 23.9 Å². The Morgan fingerprint density at radius 1 is 1.33 bits per heavy atom. The highest BCUT2D eigenvalue weighted by molar-refractivity contribution is 7.80. The minimum atomic E-state index is -1.12. The van der Waals surface area contributed by atoms with E-state index in [0.717, 1.165) is 0 Å². The first-order chi connectivity index (χ1) is 5.69. The van der Waals surface area contributed by atoms with E-state index in [2.05, 4.69) is 12.6 Å². The number of ether oxygens (including phenoxy) is 2. The molecule has 0 amide bonds. The van der Waals surface area contributed by atoms with Gasteiger partial charge in [0.25, 0.3) is 0 Å². The zero-order valence-corrected chi connectivity index (χ0v) is 7.35. The molecule has 0 spiro atoms. The lowest BCUT2D eigenvalue weighted by Gasteiger charge is -2.36. The van der Waals surface area contributed by atoms with Crippen molar-refractivity contribution in [2.24, 2.45) is 5.73 Å². The van der Waals surface area contributed by atoms with Gasteiger partial charge >= 0.3 is 0 Å². The van der Waals surface area contributed by atoms with Crippen LogP contribution in [0.5, 0.6) is 0 Å². The molecular formula is C6H13NO4S. The van der Waals surface area contributed by atoms with Gasteiger partial charge in [0.2, 0.25) is 0 Å². The van der Waals surface area contributed by atoms with Crippen LogP contribution >= 0.6 is 12.6 Å². The summed E-state index contributed by atoms with van der Waals surface area (Å²) in [6.45, 7) is -0.0705. The molecule has 1 heterocycles. The fourth-order valence-electron chi connectivity index (χ4n) is 0.973. The van der Waals surface area contributed by atoms with Gasteiger partial charge < -0.3 is 25.4 Å². The molecule has 1 aliphatic heterocycles. The number of hydrogen-bond donors (Lipinski definition) is 4. The average molecular weight is 195 g/mol. The highest BCUT2D eigenvalue weighted by Gasteiger charge is 2.34. The van der Waals surface area contributed by atoms with Crippen LogP contribution in [-0.2, 0) is 9.47 Å². The molecule has 6 heteroatoms. The number of rotatable bonds is 2. The summed E-state index contributed by atoms with van der Waals surface area (Å²) in [5, 5.41) is 17.9. The van der Waals surface area contributed by atoms with Gasteiger partial charge in [0, 0.05) is 6.54 Å². The lowest BCUT2D eigenvalue weighted by molar-refractivity contribution is -0.268. The largest absolute Gasteiger partial charge is 0.393 e. The van der Waals surface area contributed by atoms with E-state index >= 15 is 0 Å². The van der Waals surface area contributed by atoms with Crippen LogP contribution < -0.4 is 5.73 Å². The van der Waals surface area contributed by atoms with Crippen molar-refractivity contribution in [3.63, 3.8) is 0 Å². The summed E-state index contributed by atoms with van der Waals surface area (Å²) in [4.78, 5) is 0. The molecule has 5 nitrogen and oxygen atoms in total. The molecule has 0 aromatic rings. The predicted octanol–water partition coefficient (Wildman–Crippen LogP) is -1.70. The minimum absolute atomic E-state index is 0.226. The Morgan fingerprint density at radius 3 is 2.50 bits per heavy atom. The van der Waals surface area contributed by atoms with Crippen molar-refractivity contribution in [1.82, 2.24) is 0 Å². The van der Waals surface area contributed by atoms with Crippen LogP contribution in [0, 0.1) is 0 Å². The first-order valence-corrected chi connectivity index (χ1v) is 4.18. The van der Waals surface area contributed by atoms with Crippen molar-refractivity contribution >= 4 is 12.6 Å². The van der Waals surface area contributed by atoms with Gasteiger partial charge in [-0.3, -0.25) is 0 Å². The zero-order valence-electron chi connectivity index (χ0n) is 6.46. The predicted molar refractivity (Wildman–Crippen MR) is 44.7 cm³/mol. The van der Waals surface area contributed by atoms with Crippen molar-refractivity contribution < 1.29 is 19.7 Å². The second kappa shape index (κ2) is 4.40. The Labute approximate surface area is 75.9 Å². The van der Waals surface area contributed by atoms with Crippen LogP contribution in [-0.4, -0.2) is 47.3 Å². The van der Waals surface area contributed by atoms with Crippen molar-refractivity contribution in [3.05, 3.63) is 0 Å². The smallest absolute Gasteiger partial charge is 0.184 e. The van der Waals surface area contributed by atoms with Crippen LogP contribution in [0.1, 0.15) is 0 Å². The van der Waals surface area contributed by atoms with Crippen molar-refractivity contribution in [1.29, 1.82) is 0 Å². The third kappa shape index (κ3) is 2.09. The van der Waals surface area contributed by atoms with E-state index in [9.17, 15) is 5.11 Å². The normalized spacial score (nSPS) is 43.0. The van der Waals surface area contributed by atoms with Gasteiger partial charge in [0.1, 0.15) is 17.6 Å². The highest BCUT2D eigenvalue weighted by Crippen LogP contribution is 2.20. The Bertz CT molecular complexity index is 132. The van der Waals surface area contributed by atoms with Gasteiger partial charge in [-0.2, -0.15) is 0 Å². The fourth-order valence-corrected chi connectivity index (χ4v) is 1.32. The molecule has 0 aliphatic carbocycles. The first kappa shape index (κ1) is 10.2. The van der Waals surface area contributed by atoms with Gasteiger partial charge in [0.15, 0.2) is 6.29 Å². The molecule has 4 atom stereocenters. The Morgan fingerprint density at radius 2 is 2.00 bits per heavy atom. The zero-order chi connectivity index (χ0) is 9.14. The molecule has 1 aliphatic rings. The summed E-state index contributed by atoms with van der Waals surface area (Å²) in [5.41, 5.74) is 4.83. The average Bonchev–Trinajstić information content (AvgIpc) is 2.08. The van der Waals surface area contributed by atoms with Crippen LogP contribution in [0.25, 0.3) is 0 Å². The Hall–Kier alpha value is 0.150. The molecule has 1 saturated heterocycles. The van der Waals surface area contributed by atoms with Gasteiger partial charge in [0.05, 0.1) is 6.61 Å². The lowest BCUT2D eigenvalue weighted by atomic mass is 10.3. The molecule has 0 aromatic heterocycles. The lowest BCUT2D eigenvalue weighted by Crippen LogP contribution is -2.51. The SMILES string of the molecule is NCC1OC(O)C(CO)OC1S. The summed E-state index contributed by atoms with van der Waals surface area (Å²) < 4.78 is 10.1. The van der Waals surface area contributed by atoms with Crippen molar-refractivity contribution in [3.8, 4) is 0 Å². The highest BCUT2D eigenvalue weighted by atomic mass is 32.1. The topological polar surface area (TPSA) is 84.9 Å². The first-order valence-electron chi connectivity index (χ1n) is 3.67. The second-order valence-electron chi connectivity index (χ2n) is 2.55. The molecule has 72 valence electrons. The number of aliphatic hydroxyl groups is 2. The molecule has 0 radical (unpaired) electrons. The summed E-state index contributed by atoms with van der Waals surface area (Å²) >= 11 is 4.04. The van der Waals surface area contributed by atoms with Gasteiger partial charge in [-0.1, -0.05) is 0 Å². The molecule has 0 bridgehead atoms. The van der Waals surface area contributed by atoms with Crippen LogP contribution in [0.4, 0.5) is 0 Å². The molecule has 1 rings (SSSR count). The maximum absolute atomic E-state index is 9.19. The van der Waals surface area contributed by atoms with Crippen molar-refractivity contribution in [2.75, 3.05) is 13.2 Å². The molecule has 0 saturated carbocycles. The molecule has 4 unspecified atom stereocenters. The van der Waals surface area contributed by atoms with E-state index in [1.165, 1.54) is 0 Å². The summed E-state index contributed by atoms with van der Waals surface area (Å²) in [6.07, 6.45) is -2.27. The molecular weight excluding hydrogens is 182 g/mol. The van der Waals surface area contributed by atoms with Crippen LogP contribution in [0.3, 0.4) is 0 Å². The Kier molecular flexibility index (Phi) is 3.76. The van der Waals surface area contributed by atoms with Crippen LogP contribution in [0.15, 0.2) is 0 Å². The van der Waals surface area contributed by atoms with Gasteiger partial charge in [-0.05, 0) is 0 Å². The number of hydrogen-bond acceptors (Lipinski definition) is 6. The molecule has 0 aromatic carbocycles. The summed E-state index contributed by atoms with van der Waals surface area (Å²) in [5.74, 6) is 0. The maximum Gasteiger partial charge on any atom is 0.184 e. The number of aliphatic hydroxyl groups excluding tert-OH is 2. The molecule has 12 heavy (non-hydrogen) atoms.